The molecule has 0 bridgehead atoms. The van der Waals surface area contributed by atoms with Crippen LogP contribution in [0.25, 0.3) is 5.65 Å². The molecule has 0 aliphatic heterocycles. The fourth-order valence-electron chi connectivity index (χ4n) is 1.45. The van der Waals surface area contributed by atoms with Gasteiger partial charge in [0.1, 0.15) is 11.5 Å². The lowest BCUT2D eigenvalue weighted by atomic mass is 10.3. The molecule has 0 radical (unpaired) electrons. The second-order valence-corrected chi connectivity index (χ2v) is 3.08. The van der Waals surface area contributed by atoms with Gasteiger partial charge in [-0.1, -0.05) is 13.3 Å². The zero-order chi connectivity index (χ0) is 9.26. The average molecular weight is 178 g/mol. The van der Waals surface area contributed by atoms with Crippen LogP contribution in [0.1, 0.15) is 19.0 Å². The van der Waals surface area contributed by atoms with E-state index >= 15 is 0 Å². The number of aryl methyl sites for hydroxylation is 1. The molecule has 2 heterocycles. The van der Waals surface area contributed by atoms with E-state index in [1.54, 1.807) is 16.7 Å². The molecule has 2 nitrogen and oxygen atoms in total. The maximum absolute atomic E-state index is 12.9. The number of rotatable bonds is 2. The molecule has 0 amide bonds. The SMILES string of the molecule is CCCc1cnc2ccc(F)cn12. The third-order valence-corrected chi connectivity index (χ3v) is 2.05. The van der Waals surface area contributed by atoms with Crippen molar-refractivity contribution in [1.29, 1.82) is 0 Å². The molecule has 2 aromatic heterocycles. The van der Waals surface area contributed by atoms with Crippen LogP contribution in [0, 0.1) is 5.82 Å². The molecule has 0 saturated heterocycles. The Hall–Kier alpha value is -1.38. The van der Waals surface area contributed by atoms with E-state index in [1.807, 2.05) is 0 Å². The van der Waals surface area contributed by atoms with Crippen molar-refractivity contribution in [2.24, 2.45) is 0 Å². The highest BCUT2D eigenvalue weighted by Gasteiger charge is 2.02. The van der Waals surface area contributed by atoms with Gasteiger partial charge in [0.15, 0.2) is 0 Å². The average Bonchev–Trinajstić information content (AvgIpc) is 2.49. The largest absolute Gasteiger partial charge is 0.301 e. The monoisotopic (exact) mass is 178 g/mol. The van der Waals surface area contributed by atoms with E-state index < -0.39 is 0 Å². The van der Waals surface area contributed by atoms with Crippen LogP contribution >= 0.6 is 0 Å². The molecule has 0 saturated carbocycles. The van der Waals surface area contributed by atoms with Crippen molar-refractivity contribution in [1.82, 2.24) is 9.38 Å². The summed E-state index contributed by atoms with van der Waals surface area (Å²) < 4.78 is 14.7. The molecule has 0 atom stereocenters. The van der Waals surface area contributed by atoms with E-state index in [9.17, 15) is 4.39 Å². The maximum Gasteiger partial charge on any atom is 0.139 e. The molecule has 68 valence electrons. The Bertz CT molecular complexity index is 420. The first-order valence-electron chi connectivity index (χ1n) is 4.42. The summed E-state index contributed by atoms with van der Waals surface area (Å²) in [6, 6.07) is 3.12. The van der Waals surface area contributed by atoms with Gasteiger partial charge in [-0.2, -0.15) is 0 Å². The van der Waals surface area contributed by atoms with Gasteiger partial charge in [0.05, 0.1) is 0 Å². The first-order chi connectivity index (χ1) is 6.31. The highest BCUT2D eigenvalue weighted by Crippen LogP contribution is 2.09. The Morgan fingerprint density at radius 1 is 1.46 bits per heavy atom. The third kappa shape index (κ3) is 1.41. The molecule has 0 aliphatic rings. The van der Waals surface area contributed by atoms with E-state index in [4.69, 9.17) is 0 Å². The van der Waals surface area contributed by atoms with E-state index in [2.05, 4.69) is 11.9 Å². The minimum absolute atomic E-state index is 0.220. The highest BCUT2D eigenvalue weighted by atomic mass is 19.1. The summed E-state index contributed by atoms with van der Waals surface area (Å²) in [4.78, 5) is 4.17. The first kappa shape index (κ1) is 8.23. The minimum atomic E-state index is -0.220. The van der Waals surface area contributed by atoms with Gasteiger partial charge in [-0.15, -0.1) is 0 Å². The Morgan fingerprint density at radius 2 is 2.31 bits per heavy atom. The van der Waals surface area contributed by atoms with Gasteiger partial charge in [-0.3, -0.25) is 0 Å². The number of nitrogens with zero attached hydrogens (tertiary/aromatic N) is 2. The molecule has 0 N–H and O–H groups in total. The van der Waals surface area contributed by atoms with Crippen molar-refractivity contribution in [2.75, 3.05) is 0 Å². The van der Waals surface area contributed by atoms with Crippen molar-refractivity contribution in [3.63, 3.8) is 0 Å². The number of imidazole rings is 1. The van der Waals surface area contributed by atoms with Crippen LogP contribution in [0.4, 0.5) is 4.39 Å². The van der Waals surface area contributed by atoms with Crippen molar-refractivity contribution < 1.29 is 4.39 Å². The van der Waals surface area contributed by atoms with Crippen LogP contribution in [-0.2, 0) is 6.42 Å². The molecule has 13 heavy (non-hydrogen) atoms. The van der Waals surface area contributed by atoms with E-state index in [0.29, 0.717) is 0 Å². The summed E-state index contributed by atoms with van der Waals surface area (Å²) in [6.45, 7) is 2.10. The maximum atomic E-state index is 12.9. The molecule has 0 aliphatic carbocycles. The van der Waals surface area contributed by atoms with E-state index in [1.165, 1.54) is 12.3 Å². The summed E-state index contributed by atoms with van der Waals surface area (Å²) in [7, 11) is 0. The molecular formula is C10H11FN2. The van der Waals surface area contributed by atoms with Gasteiger partial charge in [-0.05, 0) is 18.6 Å². The van der Waals surface area contributed by atoms with E-state index in [-0.39, 0.29) is 5.82 Å². The zero-order valence-electron chi connectivity index (χ0n) is 7.50. The lowest BCUT2D eigenvalue weighted by molar-refractivity contribution is 0.617. The Kier molecular flexibility index (Phi) is 2.00. The van der Waals surface area contributed by atoms with Crippen LogP contribution < -0.4 is 0 Å². The fraction of sp³-hybridized carbons (Fsp3) is 0.300. The molecule has 0 unspecified atom stereocenters. The van der Waals surface area contributed by atoms with Gasteiger partial charge in [0.25, 0.3) is 0 Å². The quantitative estimate of drug-likeness (QED) is 0.690. The van der Waals surface area contributed by atoms with Crippen LogP contribution in [-0.4, -0.2) is 9.38 Å². The van der Waals surface area contributed by atoms with Crippen molar-refractivity contribution in [2.45, 2.75) is 19.8 Å². The fourth-order valence-corrected chi connectivity index (χ4v) is 1.45. The zero-order valence-corrected chi connectivity index (χ0v) is 7.50. The summed E-state index contributed by atoms with van der Waals surface area (Å²) in [5, 5.41) is 0. The number of halogens is 1. The number of aromatic nitrogens is 2. The first-order valence-corrected chi connectivity index (χ1v) is 4.42. The Labute approximate surface area is 76.0 Å². The van der Waals surface area contributed by atoms with Crippen LogP contribution in [0.15, 0.2) is 24.5 Å². The van der Waals surface area contributed by atoms with Crippen LogP contribution in [0.5, 0.6) is 0 Å². The standard InChI is InChI=1S/C10H11FN2/c1-2-3-9-6-12-10-5-4-8(11)7-13(9)10/h4-7H,2-3H2,1H3. The van der Waals surface area contributed by atoms with Crippen molar-refractivity contribution in [3.05, 3.63) is 36.0 Å². The molecule has 2 rings (SSSR count). The highest BCUT2D eigenvalue weighted by molar-refractivity contribution is 5.40. The number of hydrogen-bond donors (Lipinski definition) is 0. The van der Waals surface area contributed by atoms with Crippen LogP contribution in [0.3, 0.4) is 0 Å². The van der Waals surface area contributed by atoms with Crippen molar-refractivity contribution >= 4 is 5.65 Å². The lowest BCUT2D eigenvalue weighted by Crippen LogP contribution is -1.92. The Balaban J connectivity index is 2.58. The third-order valence-electron chi connectivity index (χ3n) is 2.05. The molecule has 2 aromatic rings. The summed E-state index contributed by atoms with van der Waals surface area (Å²) in [6.07, 6.45) is 5.26. The summed E-state index contributed by atoms with van der Waals surface area (Å²) in [5.74, 6) is -0.220. The molecule has 0 spiro atoms. The second-order valence-electron chi connectivity index (χ2n) is 3.08. The van der Waals surface area contributed by atoms with Gasteiger partial charge in [-0.25, -0.2) is 9.37 Å². The molecule has 3 heteroatoms. The van der Waals surface area contributed by atoms with Gasteiger partial charge < -0.3 is 4.40 Å². The van der Waals surface area contributed by atoms with Crippen molar-refractivity contribution in [3.8, 4) is 0 Å². The lowest BCUT2D eigenvalue weighted by Gasteiger charge is -1.98. The topological polar surface area (TPSA) is 17.3 Å². The Morgan fingerprint density at radius 3 is 3.08 bits per heavy atom. The number of fused-ring (bicyclic) bond motifs is 1. The molecular weight excluding hydrogens is 167 g/mol. The van der Waals surface area contributed by atoms with Gasteiger partial charge in [0.2, 0.25) is 0 Å². The number of hydrogen-bond acceptors (Lipinski definition) is 1. The predicted octanol–water partition coefficient (Wildman–Crippen LogP) is 2.43. The normalized spacial score (nSPS) is 10.9. The molecule has 0 fully saturated rings. The summed E-state index contributed by atoms with van der Waals surface area (Å²) >= 11 is 0. The predicted molar refractivity (Wildman–Crippen MR) is 49.1 cm³/mol. The number of pyridine rings is 1. The molecule has 0 aromatic carbocycles. The van der Waals surface area contributed by atoms with Gasteiger partial charge in [0, 0.05) is 18.1 Å². The second kappa shape index (κ2) is 3.17. The van der Waals surface area contributed by atoms with Gasteiger partial charge >= 0.3 is 0 Å². The van der Waals surface area contributed by atoms with Crippen LogP contribution in [0.2, 0.25) is 0 Å². The summed E-state index contributed by atoms with van der Waals surface area (Å²) in [5.41, 5.74) is 1.88. The minimum Gasteiger partial charge on any atom is -0.301 e. The smallest absolute Gasteiger partial charge is 0.139 e. The van der Waals surface area contributed by atoms with E-state index in [0.717, 1.165) is 24.2 Å².